The molecule has 4 heterocycles. The average Bonchev–Trinajstić information content (AvgIpc) is 3.19. The van der Waals surface area contributed by atoms with Crippen molar-refractivity contribution in [2.24, 2.45) is 0 Å². The van der Waals surface area contributed by atoms with E-state index in [1.807, 2.05) is 15.5 Å². The zero-order chi connectivity index (χ0) is 21.9. The lowest BCUT2D eigenvalue weighted by atomic mass is 9.94. The van der Waals surface area contributed by atoms with Crippen LogP contribution in [0.25, 0.3) is 0 Å². The Morgan fingerprint density at radius 3 is 2.69 bits per heavy atom. The van der Waals surface area contributed by atoms with Crippen LogP contribution in [0.2, 0.25) is 0 Å². The van der Waals surface area contributed by atoms with E-state index in [0.717, 1.165) is 82.8 Å². The van der Waals surface area contributed by atoms with Crippen molar-refractivity contribution in [3.05, 3.63) is 63.8 Å². The Morgan fingerprint density at radius 2 is 1.81 bits per heavy atom. The van der Waals surface area contributed by atoms with Crippen molar-refractivity contribution in [3.8, 4) is 0 Å². The minimum Gasteiger partial charge on any atom is -0.341 e. The van der Waals surface area contributed by atoms with Crippen LogP contribution < -0.4 is 5.56 Å². The highest BCUT2D eigenvalue weighted by Crippen LogP contribution is 2.28. The first kappa shape index (κ1) is 21.4. The Hall–Kier alpha value is -2.47. The zero-order valence-corrected chi connectivity index (χ0v) is 18.9. The van der Waals surface area contributed by atoms with Gasteiger partial charge < -0.3 is 4.90 Å². The Morgan fingerprint density at radius 1 is 0.938 bits per heavy atom. The third kappa shape index (κ3) is 4.65. The highest BCUT2D eigenvalue weighted by Gasteiger charge is 2.30. The van der Waals surface area contributed by atoms with E-state index in [-0.39, 0.29) is 17.4 Å². The van der Waals surface area contributed by atoms with Gasteiger partial charge in [0.25, 0.3) is 5.56 Å². The summed E-state index contributed by atoms with van der Waals surface area (Å²) in [6, 6.07) is 12.3. The lowest BCUT2D eigenvalue weighted by Gasteiger charge is -2.33. The van der Waals surface area contributed by atoms with E-state index in [9.17, 15) is 9.59 Å². The van der Waals surface area contributed by atoms with Gasteiger partial charge in [-0.25, -0.2) is 4.98 Å². The molecule has 0 aliphatic carbocycles. The van der Waals surface area contributed by atoms with Crippen molar-refractivity contribution in [2.45, 2.75) is 63.3 Å². The van der Waals surface area contributed by atoms with Gasteiger partial charge in [0.05, 0.1) is 12.2 Å². The molecular formula is C26H34N4O2. The third-order valence-corrected chi connectivity index (χ3v) is 7.48. The maximum atomic E-state index is 13.0. The molecule has 0 saturated carbocycles. The molecule has 2 unspecified atom stereocenters. The van der Waals surface area contributed by atoms with Crippen LogP contribution in [0.4, 0.5) is 0 Å². The minimum absolute atomic E-state index is 0.101. The molecule has 3 aliphatic rings. The second kappa shape index (κ2) is 9.57. The van der Waals surface area contributed by atoms with Gasteiger partial charge in [-0.2, -0.15) is 0 Å². The summed E-state index contributed by atoms with van der Waals surface area (Å²) in [4.78, 5) is 35.0. The quantitative estimate of drug-likeness (QED) is 0.742. The number of rotatable bonds is 4. The van der Waals surface area contributed by atoms with E-state index < -0.39 is 0 Å². The summed E-state index contributed by atoms with van der Waals surface area (Å²) in [6.07, 6.45) is 7.37. The summed E-state index contributed by atoms with van der Waals surface area (Å²) in [6.45, 7) is 4.70. The molecule has 1 amide bonds. The van der Waals surface area contributed by atoms with Crippen LogP contribution in [0.3, 0.4) is 0 Å². The first-order valence-electron chi connectivity index (χ1n) is 12.3. The molecule has 1 aromatic heterocycles. The molecule has 1 aromatic carbocycles. The Labute approximate surface area is 190 Å². The predicted octanol–water partition coefficient (Wildman–Crippen LogP) is 3.17. The van der Waals surface area contributed by atoms with Crippen molar-refractivity contribution < 1.29 is 4.79 Å². The fraction of sp³-hybridized carbons (Fsp3) is 0.577. The summed E-state index contributed by atoms with van der Waals surface area (Å²) in [7, 11) is 0. The molecule has 2 aromatic rings. The number of aryl methyl sites for hydroxylation is 1. The molecule has 32 heavy (non-hydrogen) atoms. The monoisotopic (exact) mass is 434 g/mol. The molecule has 170 valence electrons. The van der Waals surface area contributed by atoms with Crippen LogP contribution >= 0.6 is 0 Å². The summed E-state index contributed by atoms with van der Waals surface area (Å²) < 4.78 is 1.87. The number of carbonyl (C=O) groups is 1. The van der Waals surface area contributed by atoms with Gasteiger partial charge in [0.1, 0.15) is 5.82 Å². The molecule has 5 rings (SSSR count). The summed E-state index contributed by atoms with van der Waals surface area (Å²) in [5.41, 5.74) is 2.37. The summed E-state index contributed by atoms with van der Waals surface area (Å²) >= 11 is 0. The van der Waals surface area contributed by atoms with E-state index in [4.69, 9.17) is 4.98 Å². The number of carbonyl (C=O) groups excluding carboxylic acids is 1. The van der Waals surface area contributed by atoms with Crippen LogP contribution in [0, 0.1) is 0 Å². The standard InChI is InChI=1S/C26H34N4O2/c31-25-16-23(27-24-11-5-2-6-14-30(24)25)22-10-7-13-28(17-22)19-26(32)29-15-12-21(18-29)20-8-3-1-4-9-20/h1,3-4,8-9,16,21-22H,2,5-7,10-15,17-19H2. The SMILES string of the molecule is O=C(CN1CCCC(c2cc(=O)n3c(n2)CCCCC3)C1)N1CCC(c2ccccc2)C1. The summed E-state index contributed by atoms with van der Waals surface area (Å²) in [5, 5.41) is 0. The van der Waals surface area contributed by atoms with E-state index >= 15 is 0 Å². The molecule has 2 atom stereocenters. The van der Waals surface area contributed by atoms with Gasteiger partial charge >= 0.3 is 0 Å². The van der Waals surface area contributed by atoms with Crippen LogP contribution in [-0.2, 0) is 17.8 Å². The molecular weight excluding hydrogens is 400 g/mol. The first-order chi connectivity index (χ1) is 15.7. The van der Waals surface area contributed by atoms with Gasteiger partial charge in [-0.3, -0.25) is 19.1 Å². The Kier molecular flexibility index (Phi) is 6.39. The molecule has 6 nitrogen and oxygen atoms in total. The van der Waals surface area contributed by atoms with E-state index in [0.29, 0.717) is 12.5 Å². The maximum absolute atomic E-state index is 13.0. The van der Waals surface area contributed by atoms with E-state index in [2.05, 4.69) is 29.2 Å². The Bertz CT molecular complexity index is 1000. The van der Waals surface area contributed by atoms with E-state index in [1.165, 1.54) is 12.0 Å². The molecule has 0 radical (unpaired) electrons. The second-order valence-corrected chi connectivity index (χ2v) is 9.71. The fourth-order valence-electron chi connectivity index (χ4n) is 5.66. The second-order valence-electron chi connectivity index (χ2n) is 9.71. The molecule has 3 aliphatic heterocycles. The van der Waals surface area contributed by atoms with Gasteiger partial charge in [-0.05, 0) is 44.2 Å². The number of amides is 1. The number of hydrogen-bond acceptors (Lipinski definition) is 4. The molecule has 6 heteroatoms. The molecule has 0 spiro atoms. The van der Waals surface area contributed by atoms with Crippen molar-refractivity contribution in [1.29, 1.82) is 0 Å². The van der Waals surface area contributed by atoms with Crippen LogP contribution in [-0.4, -0.2) is 58.0 Å². The molecule has 0 bridgehead atoms. The molecule has 2 fully saturated rings. The number of nitrogens with zero attached hydrogens (tertiary/aromatic N) is 4. The van der Waals surface area contributed by atoms with Gasteiger partial charge in [0.15, 0.2) is 0 Å². The van der Waals surface area contributed by atoms with Crippen molar-refractivity contribution >= 4 is 5.91 Å². The maximum Gasteiger partial charge on any atom is 0.253 e. The summed E-state index contributed by atoms with van der Waals surface area (Å²) in [5.74, 6) is 1.89. The smallest absolute Gasteiger partial charge is 0.253 e. The minimum atomic E-state index is 0.101. The van der Waals surface area contributed by atoms with Crippen LogP contribution in [0.1, 0.15) is 67.4 Å². The normalized spacial score (nSPS) is 24.2. The van der Waals surface area contributed by atoms with Crippen LogP contribution in [0.15, 0.2) is 41.2 Å². The first-order valence-corrected chi connectivity index (χ1v) is 12.3. The van der Waals surface area contributed by atoms with E-state index in [1.54, 1.807) is 6.07 Å². The van der Waals surface area contributed by atoms with Gasteiger partial charge in [0.2, 0.25) is 5.91 Å². The number of benzene rings is 1. The topological polar surface area (TPSA) is 58.4 Å². The van der Waals surface area contributed by atoms with Gasteiger partial charge in [0, 0.05) is 50.5 Å². The van der Waals surface area contributed by atoms with Crippen molar-refractivity contribution in [2.75, 3.05) is 32.7 Å². The Balaban J connectivity index is 1.21. The predicted molar refractivity (Wildman–Crippen MR) is 125 cm³/mol. The number of likely N-dealkylation sites (tertiary alicyclic amines) is 2. The third-order valence-electron chi connectivity index (χ3n) is 7.48. The fourth-order valence-corrected chi connectivity index (χ4v) is 5.66. The van der Waals surface area contributed by atoms with Gasteiger partial charge in [-0.1, -0.05) is 36.8 Å². The largest absolute Gasteiger partial charge is 0.341 e. The average molecular weight is 435 g/mol. The zero-order valence-electron chi connectivity index (χ0n) is 18.9. The molecule has 2 saturated heterocycles. The number of fused-ring (bicyclic) bond motifs is 1. The number of piperidine rings is 1. The van der Waals surface area contributed by atoms with Crippen molar-refractivity contribution in [3.63, 3.8) is 0 Å². The number of aromatic nitrogens is 2. The number of hydrogen-bond donors (Lipinski definition) is 0. The lowest BCUT2D eigenvalue weighted by molar-refractivity contribution is -0.131. The molecule has 0 N–H and O–H groups in total. The lowest BCUT2D eigenvalue weighted by Crippen LogP contribution is -2.43. The highest BCUT2D eigenvalue weighted by atomic mass is 16.2. The van der Waals surface area contributed by atoms with Crippen molar-refractivity contribution in [1.82, 2.24) is 19.4 Å². The van der Waals surface area contributed by atoms with Crippen LogP contribution in [0.5, 0.6) is 0 Å². The van der Waals surface area contributed by atoms with Gasteiger partial charge in [-0.15, -0.1) is 0 Å². The highest BCUT2D eigenvalue weighted by molar-refractivity contribution is 5.78.